The Bertz CT molecular complexity index is 1710. The number of benzene rings is 3. The van der Waals surface area contributed by atoms with E-state index in [2.05, 4.69) is 116 Å². The highest BCUT2D eigenvalue weighted by atomic mass is 35.5. The van der Waals surface area contributed by atoms with Gasteiger partial charge in [0.15, 0.2) is 6.10 Å². The van der Waals surface area contributed by atoms with Crippen LogP contribution in [0.2, 0.25) is 40.8 Å². The van der Waals surface area contributed by atoms with Crippen molar-refractivity contribution < 1.29 is 23.1 Å². The molecule has 0 saturated carbocycles. The van der Waals surface area contributed by atoms with Gasteiger partial charge >= 0.3 is 8.56 Å². The molecular weight excluding hydrogens is 656 g/mol. The van der Waals surface area contributed by atoms with Crippen molar-refractivity contribution in [2.75, 3.05) is 19.8 Å². The third-order valence-electron chi connectivity index (χ3n) is 9.51. The van der Waals surface area contributed by atoms with Crippen LogP contribution in [0.5, 0.6) is 6.01 Å². The zero-order chi connectivity index (χ0) is 34.5. The van der Waals surface area contributed by atoms with Crippen molar-refractivity contribution in [1.29, 1.82) is 0 Å². The first-order valence-electron chi connectivity index (χ1n) is 17.1. The number of hydrogen-bond donors (Lipinski definition) is 0. The second-order valence-corrected chi connectivity index (χ2v) is 27.3. The molecule has 3 atom stereocenters. The van der Waals surface area contributed by atoms with Crippen molar-refractivity contribution in [3.63, 3.8) is 0 Å². The van der Waals surface area contributed by atoms with Gasteiger partial charge in [0.05, 0.1) is 29.3 Å². The zero-order valence-electron chi connectivity index (χ0n) is 29.9. The van der Waals surface area contributed by atoms with Crippen LogP contribution in [-0.2, 0) is 25.1 Å². The van der Waals surface area contributed by atoms with Gasteiger partial charge in [-0.05, 0) is 34.9 Å². The molecule has 0 amide bonds. The van der Waals surface area contributed by atoms with Crippen molar-refractivity contribution in [1.82, 2.24) is 9.55 Å². The number of aromatic nitrogens is 2. The Balaban J connectivity index is 1.32. The summed E-state index contributed by atoms with van der Waals surface area (Å²) in [7, 11) is -3.99. The third kappa shape index (κ3) is 7.06. The van der Waals surface area contributed by atoms with Crippen LogP contribution in [0.15, 0.2) is 66.7 Å². The number of halogens is 1. The largest absolute Gasteiger partial charge is 0.456 e. The van der Waals surface area contributed by atoms with E-state index in [1.165, 1.54) is 5.56 Å². The van der Waals surface area contributed by atoms with E-state index in [1.54, 1.807) is 0 Å². The average molecular weight is 707 g/mol. The molecule has 1 aromatic heterocycles. The van der Waals surface area contributed by atoms with Crippen LogP contribution in [0.3, 0.4) is 0 Å². The normalized spacial score (nSPS) is 21.4. The minimum absolute atomic E-state index is 0.146. The summed E-state index contributed by atoms with van der Waals surface area (Å²) in [5.41, 5.74) is 5.94. The Hall–Kier alpha value is -2.51. The van der Waals surface area contributed by atoms with Gasteiger partial charge in [0, 0.05) is 30.3 Å². The summed E-state index contributed by atoms with van der Waals surface area (Å²) in [6, 6.07) is 24.4. The van der Waals surface area contributed by atoms with E-state index in [0.717, 1.165) is 33.8 Å². The molecule has 0 radical (unpaired) electrons. The van der Waals surface area contributed by atoms with E-state index < -0.39 is 16.6 Å². The first-order valence-corrected chi connectivity index (χ1v) is 23.0. The first kappa shape index (κ1) is 35.3. The van der Waals surface area contributed by atoms with Crippen LogP contribution in [-0.4, -0.2) is 64.3 Å². The first-order chi connectivity index (χ1) is 22.6. The number of imidazole rings is 1. The molecule has 0 N–H and O–H groups in total. The molecule has 258 valence electrons. The highest BCUT2D eigenvalue weighted by Gasteiger charge is 2.64. The molecule has 0 aliphatic carbocycles. The van der Waals surface area contributed by atoms with E-state index in [9.17, 15) is 0 Å². The fourth-order valence-corrected chi connectivity index (χ4v) is 13.1. The summed E-state index contributed by atoms with van der Waals surface area (Å²) in [4.78, 5) is 5.05. The quantitative estimate of drug-likeness (QED) is 0.128. The van der Waals surface area contributed by atoms with Crippen molar-refractivity contribution >= 4 is 39.3 Å². The van der Waals surface area contributed by atoms with E-state index >= 15 is 0 Å². The lowest BCUT2D eigenvalue weighted by Gasteiger charge is -2.53. The van der Waals surface area contributed by atoms with Crippen molar-refractivity contribution in [2.24, 2.45) is 0 Å². The summed E-state index contributed by atoms with van der Waals surface area (Å²) in [5, 5.41) is 0.355. The van der Waals surface area contributed by atoms with Crippen LogP contribution >= 0.6 is 11.6 Å². The van der Waals surface area contributed by atoms with Crippen molar-refractivity contribution in [3.05, 3.63) is 71.8 Å². The van der Waals surface area contributed by atoms with Crippen LogP contribution < -0.4 is 4.74 Å². The van der Waals surface area contributed by atoms with Gasteiger partial charge < -0.3 is 23.1 Å². The number of fused-ring (bicyclic) bond motifs is 2. The minimum atomic E-state index is -2.72. The van der Waals surface area contributed by atoms with Gasteiger partial charge in [0.1, 0.15) is 18.9 Å². The van der Waals surface area contributed by atoms with Gasteiger partial charge in [-0.3, -0.25) is 4.57 Å². The SMILES string of the molecule is CC(C)(C)[Si]1(C(C)(C)C)OC[C@H]2OC[C@@H](Oc3nc4cc(-c5ccc(-c6ccccc6)cc5)c(Cl)cc4n3COCC[Si](C)(C)C)[C@@H]2O1. The minimum Gasteiger partial charge on any atom is -0.456 e. The summed E-state index contributed by atoms with van der Waals surface area (Å²) in [6.07, 6.45) is -0.785. The fourth-order valence-electron chi connectivity index (χ4n) is 7.08. The lowest BCUT2D eigenvalue weighted by atomic mass is 10.00. The molecule has 4 aromatic rings. The highest BCUT2D eigenvalue weighted by molar-refractivity contribution is 6.76. The Morgan fingerprint density at radius 2 is 1.54 bits per heavy atom. The molecular formula is C38H51ClN2O5Si2. The second-order valence-electron chi connectivity index (χ2n) is 16.5. The number of rotatable bonds is 9. The summed E-state index contributed by atoms with van der Waals surface area (Å²) >= 11 is 7.01. The number of hydrogen-bond acceptors (Lipinski definition) is 6. The van der Waals surface area contributed by atoms with Gasteiger partial charge in [0.2, 0.25) is 0 Å². The molecule has 6 rings (SSSR count). The smallest absolute Gasteiger partial charge is 0.349 e. The summed E-state index contributed by atoms with van der Waals surface area (Å²) < 4.78 is 35.0. The Labute approximate surface area is 293 Å². The van der Waals surface area contributed by atoms with Gasteiger partial charge in [-0.25, -0.2) is 0 Å². The number of ether oxygens (including phenoxy) is 3. The fraction of sp³-hybridized carbons (Fsp3) is 0.500. The number of nitrogens with zero attached hydrogens (tertiary/aromatic N) is 2. The molecule has 10 heteroatoms. The highest BCUT2D eigenvalue weighted by Crippen LogP contribution is 2.55. The van der Waals surface area contributed by atoms with Gasteiger partial charge in [-0.15, -0.1) is 0 Å². The third-order valence-corrected chi connectivity index (χ3v) is 16.7. The maximum absolute atomic E-state index is 7.08. The van der Waals surface area contributed by atoms with Crippen LogP contribution in [0.25, 0.3) is 33.3 Å². The van der Waals surface area contributed by atoms with Crippen LogP contribution in [0, 0.1) is 0 Å². The van der Waals surface area contributed by atoms with E-state index in [-0.39, 0.29) is 28.4 Å². The molecule has 3 aromatic carbocycles. The van der Waals surface area contributed by atoms with E-state index in [1.807, 2.05) is 16.7 Å². The Morgan fingerprint density at radius 1 is 0.896 bits per heavy atom. The molecule has 2 aliphatic heterocycles. The van der Waals surface area contributed by atoms with E-state index in [4.69, 9.17) is 39.6 Å². The van der Waals surface area contributed by atoms with Gasteiger partial charge in [-0.1, -0.05) is 127 Å². The molecule has 3 heterocycles. The van der Waals surface area contributed by atoms with Crippen LogP contribution in [0.1, 0.15) is 41.5 Å². The average Bonchev–Trinajstić information content (AvgIpc) is 3.57. The maximum atomic E-state index is 7.08. The summed E-state index contributed by atoms with van der Waals surface area (Å²) in [6.45, 7) is 22.3. The molecule has 2 saturated heterocycles. The zero-order valence-corrected chi connectivity index (χ0v) is 32.7. The van der Waals surface area contributed by atoms with Crippen molar-refractivity contribution in [2.45, 2.75) is 102 Å². The molecule has 48 heavy (non-hydrogen) atoms. The Morgan fingerprint density at radius 3 is 2.19 bits per heavy atom. The molecule has 0 unspecified atom stereocenters. The predicted octanol–water partition coefficient (Wildman–Crippen LogP) is 9.94. The van der Waals surface area contributed by atoms with Gasteiger partial charge in [0.25, 0.3) is 6.01 Å². The van der Waals surface area contributed by atoms with Gasteiger partial charge in [-0.2, -0.15) is 4.98 Å². The standard InChI is InChI=1S/C38H51ClN2O5Si2/c1-37(2,3)48(38(4,5)6)44-24-33-35(46-48)34(23-43-33)45-36-40-31-21-29(28-17-15-27(16-18-28)26-13-11-10-12-14-26)30(39)22-32(31)41(36)25-42-19-20-47(7,8)9/h10-18,21-22,33-35H,19-20,23-25H2,1-9H3/t33-,34-,35-/m1/s1. The maximum Gasteiger partial charge on any atom is 0.349 e. The molecule has 7 nitrogen and oxygen atoms in total. The lowest BCUT2D eigenvalue weighted by molar-refractivity contribution is -0.0659. The molecule has 0 spiro atoms. The lowest BCUT2D eigenvalue weighted by Crippen LogP contribution is -2.65. The second kappa shape index (κ2) is 13.3. The monoisotopic (exact) mass is 706 g/mol. The topological polar surface area (TPSA) is 64.0 Å². The summed E-state index contributed by atoms with van der Waals surface area (Å²) in [5.74, 6) is 0. The van der Waals surface area contributed by atoms with E-state index in [0.29, 0.717) is 37.6 Å². The van der Waals surface area contributed by atoms with Crippen molar-refractivity contribution in [3.8, 4) is 28.3 Å². The predicted molar refractivity (Wildman–Crippen MR) is 200 cm³/mol. The Kier molecular flexibility index (Phi) is 9.80. The molecule has 2 fully saturated rings. The molecule has 2 aliphatic rings. The molecule has 0 bridgehead atoms. The van der Waals surface area contributed by atoms with Crippen LogP contribution in [0.4, 0.5) is 0 Å².